The van der Waals surface area contributed by atoms with Crippen LogP contribution in [0.1, 0.15) is 49.4 Å². The Morgan fingerprint density at radius 3 is 2.89 bits per heavy atom. The van der Waals surface area contributed by atoms with Crippen molar-refractivity contribution in [2.24, 2.45) is 0 Å². The van der Waals surface area contributed by atoms with Crippen molar-refractivity contribution in [1.29, 1.82) is 0 Å². The molecule has 0 spiro atoms. The minimum Gasteiger partial charge on any atom is -0.478 e. The molecule has 0 saturated carbocycles. The highest BCUT2D eigenvalue weighted by Gasteiger charge is 2.22. The minimum absolute atomic E-state index is 0.175. The molecule has 1 N–H and O–H groups in total. The molecule has 1 aromatic carbocycles. The van der Waals surface area contributed by atoms with Crippen LogP contribution in [0.2, 0.25) is 5.02 Å². The Labute approximate surface area is 119 Å². The second-order valence-electron chi connectivity index (χ2n) is 5.10. The molecule has 1 aliphatic heterocycles. The molecule has 0 aromatic heterocycles. The van der Waals surface area contributed by atoms with E-state index in [1.165, 1.54) is 32.1 Å². The second kappa shape index (κ2) is 6.29. The van der Waals surface area contributed by atoms with Crippen molar-refractivity contribution in [3.8, 4) is 0 Å². The van der Waals surface area contributed by atoms with Gasteiger partial charge in [-0.2, -0.15) is 0 Å². The average molecular weight is 282 g/mol. The monoisotopic (exact) mass is 281 g/mol. The fourth-order valence-electron chi connectivity index (χ4n) is 2.83. The average Bonchev–Trinajstić information content (AvgIpc) is 2.39. The maximum atomic E-state index is 11.0. The summed E-state index contributed by atoms with van der Waals surface area (Å²) in [7, 11) is 0. The summed E-state index contributed by atoms with van der Waals surface area (Å²) >= 11 is 6.06. The van der Waals surface area contributed by atoms with Crippen molar-refractivity contribution in [3.05, 3.63) is 28.8 Å². The van der Waals surface area contributed by atoms with Crippen LogP contribution in [0.25, 0.3) is 0 Å². The standard InChI is InChI=1S/C15H20ClNO2/c1-2-5-11-6-3-4-9-17(11)12-7-8-13(15(18)19)14(16)10-12/h7-8,10-11H,2-6,9H2,1H3,(H,18,19). The summed E-state index contributed by atoms with van der Waals surface area (Å²) in [6.07, 6.45) is 6.03. The Morgan fingerprint density at radius 2 is 2.26 bits per heavy atom. The zero-order chi connectivity index (χ0) is 13.8. The van der Waals surface area contributed by atoms with Crippen molar-refractivity contribution < 1.29 is 9.90 Å². The van der Waals surface area contributed by atoms with Crippen LogP contribution in [0.5, 0.6) is 0 Å². The second-order valence-corrected chi connectivity index (χ2v) is 5.51. The molecule has 1 saturated heterocycles. The van der Waals surface area contributed by atoms with E-state index < -0.39 is 5.97 Å². The van der Waals surface area contributed by atoms with Gasteiger partial charge in [0.25, 0.3) is 0 Å². The van der Waals surface area contributed by atoms with Crippen LogP contribution >= 0.6 is 11.6 Å². The highest BCUT2D eigenvalue weighted by Crippen LogP contribution is 2.30. The molecule has 0 amide bonds. The topological polar surface area (TPSA) is 40.5 Å². The number of anilines is 1. The summed E-state index contributed by atoms with van der Waals surface area (Å²) in [5, 5.41) is 9.33. The van der Waals surface area contributed by atoms with Gasteiger partial charge >= 0.3 is 5.97 Å². The SMILES string of the molecule is CCCC1CCCCN1c1ccc(C(=O)O)c(Cl)c1. The summed E-state index contributed by atoms with van der Waals surface area (Å²) in [5.41, 5.74) is 1.22. The lowest BCUT2D eigenvalue weighted by atomic mass is 9.97. The van der Waals surface area contributed by atoms with Gasteiger partial charge in [0.05, 0.1) is 10.6 Å². The number of hydrogen-bond acceptors (Lipinski definition) is 2. The summed E-state index contributed by atoms with van der Waals surface area (Å²) in [5.74, 6) is -0.972. The van der Waals surface area contributed by atoms with Crippen LogP contribution in [0.15, 0.2) is 18.2 Å². The normalized spacial score (nSPS) is 19.5. The van der Waals surface area contributed by atoms with Gasteiger partial charge < -0.3 is 10.0 Å². The highest BCUT2D eigenvalue weighted by atomic mass is 35.5. The molecule has 1 heterocycles. The predicted molar refractivity (Wildman–Crippen MR) is 78.3 cm³/mol. The molecule has 0 aliphatic carbocycles. The van der Waals surface area contributed by atoms with E-state index in [2.05, 4.69) is 11.8 Å². The first-order valence-corrected chi connectivity index (χ1v) is 7.30. The number of nitrogens with zero attached hydrogens (tertiary/aromatic N) is 1. The Morgan fingerprint density at radius 1 is 1.47 bits per heavy atom. The molecule has 0 bridgehead atoms. The van der Waals surface area contributed by atoms with Gasteiger partial charge in [-0.05, 0) is 43.9 Å². The van der Waals surface area contributed by atoms with Gasteiger partial charge in [0.2, 0.25) is 0 Å². The molecular formula is C15H20ClNO2. The Kier molecular flexibility index (Phi) is 4.70. The van der Waals surface area contributed by atoms with Crippen molar-refractivity contribution in [3.63, 3.8) is 0 Å². The number of halogens is 1. The fraction of sp³-hybridized carbons (Fsp3) is 0.533. The molecule has 1 fully saturated rings. The van der Waals surface area contributed by atoms with E-state index in [-0.39, 0.29) is 5.56 Å². The number of benzene rings is 1. The van der Waals surface area contributed by atoms with E-state index in [1.54, 1.807) is 12.1 Å². The van der Waals surface area contributed by atoms with Crippen LogP contribution in [-0.2, 0) is 0 Å². The van der Waals surface area contributed by atoms with Crippen LogP contribution in [0, 0.1) is 0 Å². The molecule has 1 aromatic rings. The van der Waals surface area contributed by atoms with E-state index in [9.17, 15) is 4.79 Å². The third kappa shape index (κ3) is 3.21. The molecule has 1 atom stereocenters. The molecule has 0 radical (unpaired) electrons. The molecular weight excluding hydrogens is 262 g/mol. The summed E-state index contributed by atoms with van der Waals surface area (Å²) in [6, 6.07) is 5.84. The number of carboxylic acids is 1. The highest BCUT2D eigenvalue weighted by molar-refractivity contribution is 6.33. The maximum absolute atomic E-state index is 11.0. The van der Waals surface area contributed by atoms with Gasteiger partial charge in [0.1, 0.15) is 0 Å². The van der Waals surface area contributed by atoms with E-state index >= 15 is 0 Å². The largest absolute Gasteiger partial charge is 0.478 e. The first-order chi connectivity index (χ1) is 9.13. The van der Waals surface area contributed by atoms with E-state index in [0.29, 0.717) is 11.1 Å². The zero-order valence-corrected chi connectivity index (χ0v) is 12.0. The number of carbonyl (C=O) groups is 1. The van der Waals surface area contributed by atoms with Gasteiger partial charge in [-0.3, -0.25) is 0 Å². The molecule has 2 rings (SSSR count). The van der Waals surface area contributed by atoms with Crippen molar-refractivity contribution in [2.45, 2.75) is 45.1 Å². The number of piperidine rings is 1. The lowest BCUT2D eigenvalue weighted by Gasteiger charge is -2.37. The quantitative estimate of drug-likeness (QED) is 0.899. The van der Waals surface area contributed by atoms with Gasteiger partial charge in [0.15, 0.2) is 0 Å². The molecule has 19 heavy (non-hydrogen) atoms. The summed E-state index contributed by atoms with van der Waals surface area (Å²) in [6.45, 7) is 3.24. The predicted octanol–water partition coefficient (Wildman–Crippen LogP) is 4.20. The zero-order valence-electron chi connectivity index (χ0n) is 11.2. The molecule has 1 unspecified atom stereocenters. The fourth-order valence-corrected chi connectivity index (χ4v) is 3.09. The van der Waals surface area contributed by atoms with Crippen molar-refractivity contribution >= 4 is 23.3 Å². The summed E-state index contributed by atoms with van der Waals surface area (Å²) < 4.78 is 0. The van der Waals surface area contributed by atoms with Crippen LogP contribution < -0.4 is 4.90 Å². The number of carboxylic acid groups (broad SMARTS) is 1. The van der Waals surface area contributed by atoms with Gasteiger partial charge in [-0.1, -0.05) is 24.9 Å². The van der Waals surface area contributed by atoms with Crippen molar-refractivity contribution in [1.82, 2.24) is 0 Å². The Hall–Kier alpha value is -1.22. The Balaban J connectivity index is 2.24. The number of rotatable bonds is 4. The molecule has 3 nitrogen and oxygen atoms in total. The van der Waals surface area contributed by atoms with Gasteiger partial charge in [0, 0.05) is 18.3 Å². The third-order valence-electron chi connectivity index (χ3n) is 3.76. The van der Waals surface area contributed by atoms with E-state index in [4.69, 9.17) is 16.7 Å². The molecule has 1 aliphatic rings. The Bertz CT molecular complexity index is 459. The molecule has 4 heteroatoms. The number of aromatic carboxylic acids is 1. The van der Waals surface area contributed by atoms with Gasteiger partial charge in [-0.25, -0.2) is 4.79 Å². The first kappa shape index (κ1) is 14.2. The van der Waals surface area contributed by atoms with Crippen LogP contribution in [-0.4, -0.2) is 23.7 Å². The number of hydrogen-bond donors (Lipinski definition) is 1. The van der Waals surface area contributed by atoms with E-state index in [0.717, 1.165) is 12.2 Å². The smallest absolute Gasteiger partial charge is 0.337 e. The van der Waals surface area contributed by atoms with E-state index in [1.807, 2.05) is 6.07 Å². The van der Waals surface area contributed by atoms with Crippen LogP contribution in [0.4, 0.5) is 5.69 Å². The lowest BCUT2D eigenvalue weighted by Crippen LogP contribution is -2.39. The lowest BCUT2D eigenvalue weighted by molar-refractivity contribution is 0.0697. The summed E-state index contributed by atoms with van der Waals surface area (Å²) in [4.78, 5) is 13.4. The molecule has 104 valence electrons. The first-order valence-electron chi connectivity index (χ1n) is 6.93. The maximum Gasteiger partial charge on any atom is 0.337 e. The van der Waals surface area contributed by atoms with Crippen molar-refractivity contribution in [2.75, 3.05) is 11.4 Å². The van der Waals surface area contributed by atoms with Gasteiger partial charge in [-0.15, -0.1) is 0 Å². The minimum atomic E-state index is -0.972. The van der Waals surface area contributed by atoms with Crippen LogP contribution in [0.3, 0.4) is 0 Å². The third-order valence-corrected chi connectivity index (χ3v) is 4.08.